The van der Waals surface area contributed by atoms with Crippen molar-refractivity contribution in [1.29, 1.82) is 0 Å². The molecule has 0 amide bonds. The van der Waals surface area contributed by atoms with Crippen LogP contribution in [0.5, 0.6) is 11.5 Å². The third-order valence-electron chi connectivity index (χ3n) is 2.77. The van der Waals surface area contributed by atoms with Crippen LogP contribution in [0.4, 0.5) is 5.69 Å². The van der Waals surface area contributed by atoms with E-state index in [1.165, 1.54) is 18.2 Å². The third-order valence-corrected chi connectivity index (χ3v) is 3.44. The average Bonchev–Trinajstić information content (AvgIpc) is 2.44. The molecule has 2 aromatic rings. The van der Waals surface area contributed by atoms with Gasteiger partial charge in [-0.25, -0.2) is 0 Å². The Hall–Kier alpha value is -1.82. The van der Waals surface area contributed by atoms with Gasteiger partial charge in [0, 0.05) is 23.2 Å². The zero-order valence-corrected chi connectivity index (χ0v) is 12.6. The van der Waals surface area contributed by atoms with Crippen molar-refractivity contribution in [2.45, 2.75) is 6.54 Å². The van der Waals surface area contributed by atoms with Gasteiger partial charge in [-0.15, -0.1) is 0 Å². The lowest BCUT2D eigenvalue weighted by Gasteiger charge is -2.13. The molecule has 7 heteroatoms. The van der Waals surface area contributed by atoms with Gasteiger partial charge in [0.2, 0.25) is 0 Å². The van der Waals surface area contributed by atoms with Crippen molar-refractivity contribution in [3.63, 3.8) is 0 Å². The molecule has 0 bridgehead atoms. The molecule has 0 saturated carbocycles. The van der Waals surface area contributed by atoms with Gasteiger partial charge in [-0.1, -0.05) is 29.3 Å². The van der Waals surface area contributed by atoms with Crippen molar-refractivity contribution >= 4 is 28.9 Å². The topological polar surface area (TPSA) is 64.4 Å². The highest BCUT2D eigenvalue weighted by molar-refractivity contribution is 6.32. The first-order chi connectivity index (χ1) is 10.0. The molecule has 110 valence electrons. The molecule has 0 heterocycles. The summed E-state index contributed by atoms with van der Waals surface area (Å²) in [6, 6.07) is 9.25. The Labute approximate surface area is 131 Å². The number of nitrogens with one attached hydrogen (secondary N) is 1. The van der Waals surface area contributed by atoms with E-state index < -0.39 is 4.92 Å². The second-order valence-corrected chi connectivity index (χ2v) is 5.04. The lowest BCUT2D eigenvalue weighted by molar-refractivity contribution is -0.384. The van der Waals surface area contributed by atoms with Gasteiger partial charge in [0.15, 0.2) is 5.75 Å². The molecule has 2 rings (SSSR count). The Bertz CT molecular complexity index is 677. The second-order valence-electron chi connectivity index (χ2n) is 4.22. The summed E-state index contributed by atoms with van der Waals surface area (Å²) in [4.78, 5) is 10.3. The fraction of sp³-hybridized carbons (Fsp3) is 0.143. The quantitative estimate of drug-likeness (QED) is 0.652. The van der Waals surface area contributed by atoms with Gasteiger partial charge in [-0.2, -0.15) is 0 Å². The summed E-state index contributed by atoms with van der Waals surface area (Å²) >= 11 is 12.2. The number of non-ortho nitro benzene ring substituents is 1. The lowest BCUT2D eigenvalue weighted by Crippen LogP contribution is -2.07. The molecule has 0 radical (unpaired) electrons. The van der Waals surface area contributed by atoms with Gasteiger partial charge < -0.3 is 10.1 Å². The van der Waals surface area contributed by atoms with Crippen molar-refractivity contribution in [3.8, 4) is 11.5 Å². The molecule has 5 nitrogen and oxygen atoms in total. The maximum absolute atomic E-state index is 10.8. The number of nitrogens with zero attached hydrogens (tertiary/aromatic N) is 1. The zero-order valence-electron chi connectivity index (χ0n) is 11.1. The van der Waals surface area contributed by atoms with Gasteiger partial charge in [0.25, 0.3) is 5.69 Å². The first-order valence-corrected chi connectivity index (χ1v) is 6.82. The summed E-state index contributed by atoms with van der Waals surface area (Å²) in [5.74, 6) is 0.713. The van der Waals surface area contributed by atoms with E-state index in [1.807, 2.05) is 0 Å². The summed E-state index contributed by atoms with van der Waals surface area (Å²) in [5, 5.41) is 14.6. The fourth-order valence-electron chi connectivity index (χ4n) is 1.79. The third kappa shape index (κ3) is 3.64. The average molecular weight is 327 g/mol. The monoisotopic (exact) mass is 326 g/mol. The predicted molar refractivity (Wildman–Crippen MR) is 82.4 cm³/mol. The van der Waals surface area contributed by atoms with Crippen molar-refractivity contribution in [2.75, 3.05) is 7.05 Å². The minimum absolute atomic E-state index is 0.0911. The van der Waals surface area contributed by atoms with Crippen LogP contribution < -0.4 is 10.1 Å². The van der Waals surface area contributed by atoms with E-state index in [0.29, 0.717) is 17.3 Å². The summed E-state index contributed by atoms with van der Waals surface area (Å²) < 4.78 is 5.70. The van der Waals surface area contributed by atoms with Crippen LogP contribution >= 0.6 is 23.2 Å². The Balaban J connectivity index is 2.40. The van der Waals surface area contributed by atoms with Crippen molar-refractivity contribution < 1.29 is 9.66 Å². The van der Waals surface area contributed by atoms with Crippen LogP contribution in [0.3, 0.4) is 0 Å². The maximum atomic E-state index is 10.8. The van der Waals surface area contributed by atoms with E-state index in [0.717, 1.165) is 5.56 Å². The molecule has 0 aliphatic rings. The minimum Gasteiger partial charge on any atom is -0.455 e. The molecule has 0 fully saturated rings. The van der Waals surface area contributed by atoms with Crippen LogP contribution in [-0.2, 0) is 6.54 Å². The smallest absolute Gasteiger partial charge is 0.273 e. The first-order valence-electron chi connectivity index (χ1n) is 6.06. The number of nitro benzene ring substituents is 1. The molecule has 2 aromatic carbocycles. The van der Waals surface area contributed by atoms with E-state index in [-0.39, 0.29) is 16.5 Å². The number of benzene rings is 2. The Morgan fingerprint density at radius 3 is 2.62 bits per heavy atom. The molecule has 21 heavy (non-hydrogen) atoms. The van der Waals surface area contributed by atoms with Crippen LogP contribution in [0.2, 0.25) is 10.0 Å². The second kappa shape index (κ2) is 6.76. The standard InChI is InChI=1S/C14H12Cl2N2O3/c1-17-8-10-11(15)3-2-4-13(10)21-14-7-9(18(19)20)5-6-12(14)16/h2-7,17H,8H2,1H3. The van der Waals surface area contributed by atoms with Crippen LogP contribution in [0, 0.1) is 10.1 Å². The van der Waals surface area contributed by atoms with Gasteiger partial charge in [-0.05, 0) is 25.2 Å². The molecule has 0 aliphatic carbocycles. The Morgan fingerprint density at radius 2 is 1.95 bits per heavy atom. The van der Waals surface area contributed by atoms with Gasteiger partial charge in [-0.3, -0.25) is 10.1 Å². The number of hydrogen-bond acceptors (Lipinski definition) is 4. The highest BCUT2D eigenvalue weighted by Crippen LogP contribution is 2.35. The fourth-order valence-corrected chi connectivity index (χ4v) is 2.17. The normalized spacial score (nSPS) is 10.4. The highest BCUT2D eigenvalue weighted by Gasteiger charge is 2.14. The van der Waals surface area contributed by atoms with Crippen LogP contribution in [-0.4, -0.2) is 12.0 Å². The lowest BCUT2D eigenvalue weighted by atomic mass is 10.2. The number of rotatable bonds is 5. The van der Waals surface area contributed by atoms with Gasteiger partial charge in [0.1, 0.15) is 5.75 Å². The highest BCUT2D eigenvalue weighted by atomic mass is 35.5. The molecule has 0 spiro atoms. The van der Waals surface area contributed by atoms with E-state index in [9.17, 15) is 10.1 Å². The largest absolute Gasteiger partial charge is 0.455 e. The van der Waals surface area contributed by atoms with Crippen LogP contribution in [0.25, 0.3) is 0 Å². The van der Waals surface area contributed by atoms with Crippen LogP contribution in [0.1, 0.15) is 5.56 Å². The molecule has 0 saturated heterocycles. The number of ether oxygens (including phenoxy) is 1. The molecule has 0 atom stereocenters. The zero-order chi connectivity index (χ0) is 15.4. The molecule has 0 unspecified atom stereocenters. The number of halogens is 2. The first kappa shape index (κ1) is 15.6. The van der Waals surface area contributed by atoms with Gasteiger partial charge >= 0.3 is 0 Å². The van der Waals surface area contributed by atoms with Crippen molar-refractivity contribution in [1.82, 2.24) is 5.32 Å². The Morgan fingerprint density at radius 1 is 1.19 bits per heavy atom. The summed E-state index contributed by atoms with van der Waals surface area (Å²) in [5.41, 5.74) is 0.663. The molecular formula is C14H12Cl2N2O3. The van der Waals surface area contributed by atoms with Crippen molar-refractivity contribution in [3.05, 3.63) is 62.1 Å². The predicted octanol–water partition coefficient (Wildman–Crippen LogP) is 4.41. The minimum atomic E-state index is -0.504. The van der Waals surface area contributed by atoms with Crippen LogP contribution in [0.15, 0.2) is 36.4 Å². The SMILES string of the molecule is CNCc1c(Cl)cccc1Oc1cc([N+](=O)[O-])ccc1Cl. The molecular weight excluding hydrogens is 315 g/mol. The number of nitro groups is 1. The molecule has 1 N–H and O–H groups in total. The maximum Gasteiger partial charge on any atom is 0.273 e. The van der Waals surface area contributed by atoms with Crippen molar-refractivity contribution in [2.24, 2.45) is 0 Å². The molecule has 0 aromatic heterocycles. The van der Waals surface area contributed by atoms with E-state index in [4.69, 9.17) is 27.9 Å². The Kier molecular flexibility index (Phi) is 5.01. The van der Waals surface area contributed by atoms with E-state index in [2.05, 4.69) is 5.32 Å². The summed E-state index contributed by atoms with van der Waals surface area (Å²) in [7, 11) is 1.79. The number of hydrogen-bond donors (Lipinski definition) is 1. The summed E-state index contributed by atoms with van der Waals surface area (Å²) in [6.07, 6.45) is 0. The summed E-state index contributed by atoms with van der Waals surface area (Å²) in [6.45, 7) is 0.502. The van der Waals surface area contributed by atoms with E-state index >= 15 is 0 Å². The van der Waals surface area contributed by atoms with Gasteiger partial charge in [0.05, 0.1) is 16.0 Å². The molecule has 0 aliphatic heterocycles. The van der Waals surface area contributed by atoms with E-state index in [1.54, 1.807) is 25.2 Å².